The summed E-state index contributed by atoms with van der Waals surface area (Å²) in [5.74, 6) is 5.26. The van der Waals surface area contributed by atoms with Crippen LogP contribution in [0.2, 0.25) is 21.6 Å². The van der Waals surface area contributed by atoms with E-state index in [2.05, 4.69) is 58.0 Å². The molecule has 0 N–H and O–H groups in total. The predicted molar refractivity (Wildman–Crippen MR) is 135 cm³/mol. The van der Waals surface area contributed by atoms with E-state index in [1.807, 2.05) is 28.8 Å². The highest BCUT2D eigenvalue weighted by molar-refractivity contribution is 6.90. The third kappa shape index (κ3) is 4.12. The molecule has 5 nitrogen and oxygen atoms in total. The van der Waals surface area contributed by atoms with Crippen LogP contribution in [0.1, 0.15) is 47.4 Å². The summed E-state index contributed by atoms with van der Waals surface area (Å²) in [4.78, 5) is 9.26. The largest absolute Gasteiger partial charge is 0.495 e. The van der Waals surface area contributed by atoms with Crippen molar-refractivity contribution in [1.82, 2.24) is 14.5 Å². The standard InChI is InChI=1S/C25H32ClN3O2Si/c1-16(2)32(17(3)4,18(5)6)14-12-23-28-21-11-13-27-25(31-8)24(21)29(23)19-9-10-22(30-7)20(26)15-19/h9-11,13,15-18H,1-8H3. The fourth-order valence-corrected chi connectivity index (χ4v) is 10.3. The molecular formula is C25H32ClN3O2Si. The van der Waals surface area contributed by atoms with Crippen LogP contribution in [0.5, 0.6) is 11.6 Å². The molecule has 0 saturated heterocycles. The Morgan fingerprint density at radius 1 is 0.969 bits per heavy atom. The lowest BCUT2D eigenvalue weighted by Crippen LogP contribution is -2.43. The highest BCUT2D eigenvalue weighted by atomic mass is 35.5. The number of pyridine rings is 1. The van der Waals surface area contributed by atoms with E-state index in [9.17, 15) is 0 Å². The van der Waals surface area contributed by atoms with E-state index < -0.39 is 8.07 Å². The van der Waals surface area contributed by atoms with Crippen molar-refractivity contribution >= 4 is 30.7 Å². The highest BCUT2D eigenvalue weighted by Crippen LogP contribution is 2.41. The molecule has 0 bridgehead atoms. The van der Waals surface area contributed by atoms with Gasteiger partial charge in [-0.05, 0) is 46.8 Å². The van der Waals surface area contributed by atoms with Gasteiger partial charge in [0.25, 0.3) is 0 Å². The Morgan fingerprint density at radius 3 is 2.16 bits per heavy atom. The van der Waals surface area contributed by atoms with E-state index in [1.165, 1.54) is 0 Å². The van der Waals surface area contributed by atoms with Gasteiger partial charge in [-0.15, -0.1) is 5.54 Å². The third-order valence-corrected chi connectivity index (χ3v) is 13.0. The molecule has 3 rings (SSSR count). The zero-order valence-corrected chi connectivity index (χ0v) is 21.9. The number of imidazole rings is 1. The van der Waals surface area contributed by atoms with Crippen molar-refractivity contribution in [3.8, 4) is 28.8 Å². The van der Waals surface area contributed by atoms with Crippen molar-refractivity contribution in [2.24, 2.45) is 0 Å². The molecule has 0 fully saturated rings. The van der Waals surface area contributed by atoms with Crippen LogP contribution >= 0.6 is 11.6 Å². The van der Waals surface area contributed by atoms with Gasteiger partial charge in [-0.2, -0.15) is 0 Å². The second kappa shape index (κ2) is 9.56. The first kappa shape index (κ1) is 24.2. The first-order valence-electron chi connectivity index (χ1n) is 11.0. The highest BCUT2D eigenvalue weighted by Gasteiger charge is 2.41. The van der Waals surface area contributed by atoms with E-state index in [4.69, 9.17) is 26.1 Å². The number of nitrogens with zero attached hydrogens (tertiary/aromatic N) is 3. The van der Waals surface area contributed by atoms with Gasteiger partial charge in [-0.3, -0.25) is 4.57 Å². The Hall–Kier alpha value is -2.49. The van der Waals surface area contributed by atoms with Gasteiger partial charge >= 0.3 is 0 Å². The molecule has 32 heavy (non-hydrogen) atoms. The van der Waals surface area contributed by atoms with Gasteiger partial charge in [-0.25, -0.2) is 9.97 Å². The van der Waals surface area contributed by atoms with Crippen molar-refractivity contribution in [1.29, 1.82) is 0 Å². The molecule has 0 radical (unpaired) electrons. The summed E-state index contributed by atoms with van der Waals surface area (Å²) in [5.41, 5.74) is 7.74. The summed E-state index contributed by atoms with van der Waals surface area (Å²) in [7, 11) is 1.28. The fraction of sp³-hybridized carbons (Fsp3) is 0.440. The molecule has 3 aromatic rings. The normalized spacial score (nSPS) is 11.9. The molecule has 0 unspecified atom stereocenters. The van der Waals surface area contributed by atoms with Gasteiger partial charge in [0, 0.05) is 6.20 Å². The Morgan fingerprint density at radius 2 is 1.62 bits per heavy atom. The molecule has 0 saturated carbocycles. The Labute approximate surface area is 197 Å². The van der Waals surface area contributed by atoms with E-state index in [0.717, 1.165) is 16.7 Å². The lowest BCUT2D eigenvalue weighted by molar-refractivity contribution is 0.402. The number of hydrogen-bond acceptors (Lipinski definition) is 4. The minimum atomic E-state index is -1.94. The number of ether oxygens (including phenoxy) is 2. The SMILES string of the molecule is COc1ccc(-n2c(C#C[Si](C(C)C)(C(C)C)C(C)C)nc3ccnc(OC)c32)cc1Cl. The number of fused-ring (bicyclic) bond motifs is 1. The Balaban J connectivity index is 2.34. The summed E-state index contributed by atoms with van der Waals surface area (Å²) in [5, 5.41) is 0.517. The van der Waals surface area contributed by atoms with E-state index in [-0.39, 0.29) is 0 Å². The lowest BCUT2D eigenvalue weighted by atomic mass is 10.2. The zero-order valence-electron chi connectivity index (χ0n) is 20.2. The van der Waals surface area contributed by atoms with Gasteiger partial charge < -0.3 is 9.47 Å². The number of methoxy groups -OCH3 is 2. The first-order valence-corrected chi connectivity index (χ1v) is 13.6. The smallest absolute Gasteiger partial charge is 0.240 e. The van der Waals surface area contributed by atoms with E-state index >= 15 is 0 Å². The average Bonchev–Trinajstić information content (AvgIpc) is 3.11. The zero-order chi connectivity index (χ0) is 23.6. The van der Waals surface area contributed by atoms with Gasteiger partial charge in [0.2, 0.25) is 5.88 Å². The number of halogens is 1. The molecule has 0 aliphatic rings. The van der Waals surface area contributed by atoms with E-state index in [0.29, 0.717) is 39.1 Å². The Bertz CT molecular complexity index is 1150. The quantitative estimate of drug-likeness (QED) is 0.299. The number of rotatable bonds is 6. The average molecular weight is 470 g/mol. The van der Waals surface area contributed by atoms with Crippen molar-refractivity contribution in [3.63, 3.8) is 0 Å². The van der Waals surface area contributed by atoms with Crippen LogP contribution in [0.15, 0.2) is 30.5 Å². The number of aromatic nitrogens is 3. The molecule has 2 aromatic heterocycles. The van der Waals surface area contributed by atoms with Crippen molar-refractivity contribution in [3.05, 3.63) is 41.3 Å². The minimum Gasteiger partial charge on any atom is -0.495 e. The van der Waals surface area contributed by atoms with Gasteiger partial charge in [0.05, 0.1) is 30.4 Å². The first-order chi connectivity index (χ1) is 15.2. The van der Waals surface area contributed by atoms with Crippen LogP contribution in [-0.2, 0) is 0 Å². The van der Waals surface area contributed by atoms with Crippen LogP contribution < -0.4 is 9.47 Å². The van der Waals surface area contributed by atoms with Gasteiger partial charge in [0.1, 0.15) is 19.3 Å². The summed E-state index contributed by atoms with van der Waals surface area (Å²) >= 11 is 6.46. The molecular weight excluding hydrogens is 438 g/mol. The van der Waals surface area contributed by atoms with Crippen LogP contribution in [0.3, 0.4) is 0 Å². The van der Waals surface area contributed by atoms with Crippen molar-refractivity contribution in [2.45, 2.75) is 58.2 Å². The summed E-state index contributed by atoms with van der Waals surface area (Å²) < 4.78 is 12.9. The molecule has 0 atom stereocenters. The second-order valence-electron chi connectivity index (χ2n) is 8.92. The van der Waals surface area contributed by atoms with Gasteiger partial charge in [-0.1, -0.05) is 53.1 Å². The summed E-state index contributed by atoms with van der Waals surface area (Å²) in [6.07, 6.45) is 1.70. The molecule has 0 amide bonds. The van der Waals surface area contributed by atoms with Crippen molar-refractivity contribution in [2.75, 3.05) is 14.2 Å². The Kier molecular flexibility index (Phi) is 7.21. The lowest BCUT2D eigenvalue weighted by Gasteiger charge is -2.38. The maximum absolute atomic E-state index is 6.46. The monoisotopic (exact) mass is 469 g/mol. The van der Waals surface area contributed by atoms with Crippen LogP contribution in [0, 0.1) is 11.5 Å². The molecule has 0 spiro atoms. The summed E-state index contributed by atoms with van der Waals surface area (Å²) in [6.45, 7) is 13.8. The van der Waals surface area contributed by atoms with Gasteiger partial charge in [0.15, 0.2) is 5.82 Å². The molecule has 170 valence electrons. The van der Waals surface area contributed by atoms with Crippen molar-refractivity contribution < 1.29 is 9.47 Å². The van der Waals surface area contributed by atoms with Crippen LogP contribution in [0.25, 0.3) is 16.7 Å². The molecule has 7 heteroatoms. The topological polar surface area (TPSA) is 49.2 Å². The maximum atomic E-state index is 6.46. The van der Waals surface area contributed by atoms with Crippen LogP contribution in [0.4, 0.5) is 0 Å². The molecule has 0 aliphatic carbocycles. The second-order valence-corrected chi connectivity index (χ2v) is 14.9. The summed E-state index contributed by atoms with van der Waals surface area (Å²) in [6, 6.07) is 7.53. The molecule has 2 heterocycles. The van der Waals surface area contributed by atoms with Crippen LogP contribution in [-0.4, -0.2) is 36.8 Å². The number of benzene rings is 1. The number of hydrogen-bond donors (Lipinski definition) is 0. The molecule has 1 aromatic carbocycles. The molecule has 0 aliphatic heterocycles. The minimum absolute atomic E-state index is 0.495. The predicted octanol–water partition coefficient (Wildman–Crippen LogP) is 6.66. The maximum Gasteiger partial charge on any atom is 0.240 e. The van der Waals surface area contributed by atoms with E-state index in [1.54, 1.807) is 20.4 Å². The fourth-order valence-electron chi connectivity index (χ4n) is 4.87. The third-order valence-electron chi connectivity index (χ3n) is 6.37.